The van der Waals surface area contributed by atoms with E-state index in [0.29, 0.717) is 10.3 Å². The van der Waals surface area contributed by atoms with Gasteiger partial charge in [0.1, 0.15) is 5.36 Å². The number of benzene rings is 1. The van der Waals surface area contributed by atoms with Crippen LogP contribution >= 0.6 is 23.2 Å². The molecule has 19 heavy (non-hydrogen) atoms. The number of aromatic nitrogens is 1. The van der Waals surface area contributed by atoms with E-state index >= 15 is 0 Å². The molecule has 1 aromatic carbocycles. The van der Waals surface area contributed by atoms with Gasteiger partial charge in [0.2, 0.25) is 0 Å². The maximum Gasteiger partial charge on any atom is 0.277 e. The van der Waals surface area contributed by atoms with E-state index in [1.165, 1.54) is 12.4 Å². The summed E-state index contributed by atoms with van der Waals surface area (Å²) in [6, 6.07) is 7.04. The van der Waals surface area contributed by atoms with Gasteiger partial charge in [-0.25, -0.2) is 4.99 Å². The summed E-state index contributed by atoms with van der Waals surface area (Å²) >= 11 is 11.8. The molecule has 0 spiro atoms. The SMILES string of the molecule is Cc1cccc(C(=O)N=c2c(Cl)cn(O)cc2Cl)c1. The monoisotopic (exact) mass is 296 g/mol. The van der Waals surface area contributed by atoms with Crippen LogP contribution in [0, 0.1) is 6.92 Å². The molecule has 0 atom stereocenters. The summed E-state index contributed by atoms with van der Waals surface area (Å²) in [6.07, 6.45) is 2.41. The largest absolute Gasteiger partial charge is 0.429 e. The van der Waals surface area contributed by atoms with Crippen LogP contribution in [0.5, 0.6) is 0 Å². The van der Waals surface area contributed by atoms with E-state index < -0.39 is 5.91 Å². The van der Waals surface area contributed by atoms with Crippen LogP contribution in [0.1, 0.15) is 15.9 Å². The molecule has 4 nitrogen and oxygen atoms in total. The Morgan fingerprint density at radius 1 is 1.26 bits per heavy atom. The standard InChI is InChI=1S/C13H10Cl2N2O2/c1-8-3-2-4-9(5-8)13(18)16-12-10(14)6-17(19)7-11(12)15/h2-7,19H,1H3. The molecule has 1 heterocycles. The van der Waals surface area contributed by atoms with Gasteiger partial charge in [0, 0.05) is 5.56 Å². The molecule has 0 saturated carbocycles. The van der Waals surface area contributed by atoms with E-state index in [4.69, 9.17) is 23.2 Å². The number of amides is 1. The highest BCUT2D eigenvalue weighted by atomic mass is 35.5. The molecular formula is C13H10Cl2N2O2. The van der Waals surface area contributed by atoms with E-state index in [9.17, 15) is 10.0 Å². The molecule has 0 radical (unpaired) electrons. The predicted octanol–water partition coefficient (Wildman–Crippen LogP) is 3.08. The van der Waals surface area contributed by atoms with E-state index in [2.05, 4.69) is 4.99 Å². The Morgan fingerprint density at radius 2 is 1.89 bits per heavy atom. The Balaban J connectivity index is 2.50. The lowest BCUT2D eigenvalue weighted by atomic mass is 10.1. The fraction of sp³-hybridized carbons (Fsp3) is 0.0769. The van der Waals surface area contributed by atoms with Gasteiger partial charge in [-0.15, -0.1) is 0 Å². The molecule has 0 saturated heterocycles. The third-order valence-electron chi connectivity index (χ3n) is 2.42. The number of nitrogens with zero attached hydrogens (tertiary/aromatic N) is 2. The van der Waals surface area contributed by atoms with Gasteiger partial charge in [-0.3, -0.25) is 4.79 Å². The molecule has 0 aliphatic heterocycles. The summed E-state index contributed by atoms with van der Waals surface area (Å²) in [4.78, 5) is 15.9. The van der Waals surface area contributed by atoms with Crippen LogP contribution in [0.25, 0.3) is 0 Å². The van der Waals surface area contributed by atoms with E-state index in [-0.39, 0.29) is 15.4 Å². The summed E-state index contributed by atoms with van der Waals surface area (Å²) < 4.78 is 0.709. The van der Waals surface area contributed by atoms with Crippen molar-refractivity contribution in [3.8, 4) is 0 Å². The molecule has 1 N–H and O–H groups in total. The minimum Gasteiger partial charge on any atom is -0.429 e. The van der Waals surface area contributed by atoms with Crippen molar-refractivity contribution in [1.82, 2.24) is 4.73 Å². The van der Waals surface area contributed by atoms with E-state index in [1.807, 2.05) is 13.0 Å². The Hall–Kier alpha value is -1.78. The smallest absolute Gasteiger partial charge is 0.277 e. The zero-order chi connectivity index (χ0) is 14.0. The summed E-state index contributed by atoms with van der Waals surface area (Å²) in [7, 11) is 0. The number of rotatable bonds is 1. The quantitative estimate of drug-likeness (QED) is 0.822. The second kappa shape index (κ2) is 5.47. The van der Waals surface area contributed by atoms with Gasteiger partial charge in [-0.05, 0) is 19.1 Å². The minimum atomic E-state index is -0.441. The highest BCUT2D eigenvalue weighted by Crippen LogP contribution is 2.09. The molecule has 0 unspecified atom stereocenters. The topological polar surface area (TPSA) is 54.6 Å². The minimum absolute atomic E-state index is 0.0935. The van der Waals surface area contributed by atoms with Crippen LogP contribution in [-0.2, 0) is 0 Å². The first kappa shape index (κ1) is 13.6. The number of carbonyl (C=O) groups excluding carboxylic acids is 1. The lowest BCUT2D eigenvalue weighted by molar-refractivity contribution is 0.0998. The summed E-state index contributed by atoms with van der Waals surface area (Å²) in [5.41, 5.74) is 1.41. The zero-order valence-electron chi connectivity index (χ0n) is 9.97. The van der Waals surface area contributed by atoms with Crippen molar-refractivity contribution in [3.63, 3.8) is 0 Å². The highest BCUT2D eigenvalue weighted by molar-refractivity contribution is 6.34. The number of hydrogen-bond acceptors (Lipinski definition) is 2. The first-order valence-corrected chi connectivity index (χ1v) is 6.15. The van der Waals surface area contributed by atoms with Crippen LogP contribution in [-0.4, -0.2) is 15.8 Å². The third-order valence-corrected chi connectivity index (χ3v) is 2.98. The Labute approximate surface area is 119 Å². The first-order chi connectivity index (χ1) is 8.97. The number of carbonyl (C=O) groups is 1. The van der Waals surface area contributed by atoms with Crippen LogP contribution in [0.2, 0.25) is 10.0 Å². The van der Waals surface area contributed by atoms with Crippen LogP contribution < -0.4 is 5.36 Å². The van der Waals surface area contributed by atoms with Gasteiger partial charge in [-0.1, -0.05) is 40.9 Å². The normalized spacial score (nSPS) is 10.3. The zero-order valence-corrected chi connectivity index (χ0v) is 11.5. The predicted molar refractivity (Wildman–Crippen MR) is 72.7 cm³/mol. The molecule has 1 amide bonds. The first-order valence-electron chi connectivity index (χ1n) is 5.39. The van der Waals surface area contributed by atoms with Gasteiger partial charge in [0.05, 0.1) is 22.4 Å². The van der Waals surface area contributed by atoms with Crippen molar-refractivity contribution < 1.29 is 10.0 Å². The molecule has 0 fully saturated rings. The van der Waals surface area contributed by atoms with Gasteiger partial charge < -0.3 is 5.21 Å². The van der Waals surface area contributed by atoms with E-state index in [1.54, 1.807) is 18.2 Å². The Kier molecular flexibility index (Phi) is 3.93. The number of hydrogen-bond donors (Lipinski definition) is 1. The summed E-state index contributed by atoms with van der Waals surface area (Å²) in [6.45, 7) is 1.88. The molecule has 0 bridgehead atoms. The van der Waals surface area contributed by atoms with Gasteiger partial charge in [0.25, 0.3) is 5.91 Å². The maximum atomic E-state index is 12.0. The highest BCUT2D eigenvalue weighted by Gasteiger charge is 2.07. The molecule has 1 aromatic heterocycles. The fourth-order valence-electron chi connectivity index (χ4n) is 1.56. The lowest BCUT2D eigenvalue weighted by Crippen LogP contribution is -2.12. The molecule has 0 aliphatic rings. The Morgan fingerprint density at radius 3 is 2.47 bits per heavy atom. The molecule has 2 rings (SSSR count). The van der Waals surface area contributed by atoms with Crippen molar-refractivity contribution in [2.24, 2.45) is 4.99 Å². The average molecular weight is 297 g/mol. The molecule has 2 aromatic rings. The summed E-state index contributed by atoms with van der Waals surface area (Å²) in [5, 5.41) is 9.55. The van der Waals surface area contributed by atoms with Crippen molar-refractivity contribution in [1.29, 1.82) is 0 Å². The van der Waals surface area contributed by atoms with E-state index in [0.717, 1.165) is 5.56 Å². The fourth-order valence-corrected chi connectivity index (χ4v) is 2.09. The van der Waals surface area contributed by atoms with Crippen LogP contribution in [0.3, 0.4) is 0 Å². The molecular weight excluding hydrogens is 287 g/mol. The van der Waals surface area contributed by atoms with Crippen LogP contribution in [0.4, 0.5) is 0 Å². The molecule has 98 valence electrons. The number of halogens is 2. The average Bonchev–Trinajstić information content (AvgIpc) is 2.33. The molecule has 6 heteroatoms. The number of aryl methyl sites for hydroxylation is 1. The molecule has 0 aliphatic carbocycles. The van der Waals surface area contributed by atoms with Crippen LogP contribution in [0.15, 0.2) is 41.7 Å². The number of pyridine rings is 1. The van der Waals surface area contributed by atoms with Crippen molar-refractivity contribution in [2.75, 3.05) is 0 Å². The third kappa shape index (κ3) is 3.16. The second-order valence-corrected chi connectivity index (χ2v) is 4.78. The van der Waals surface area contributed by atoms with Crippen molar-refractivity contribution in [3.05, 3.63) is 63.2 Å². The van der Waals surface area contributed by atoms with Gasteiger partial charge in [0.15, 0.2) is 0 Å². The Bertz CT molecular complexity index is 682. The lowest BCUT2D eigenvalue weighted by Gasteiger charge is -2.01. The van der Waals surface area contributed by atoms with Crippen molar-refractivity contribution in [2.45, 2.75) is 6.92 Å². The van der Waals surface area contributed by atoms with Gasteiger partial charge >= 0.3 is 0 Å². The maximum absolute atomic E-state index is 12.0. The summed E-state index contributed by atoms with van der Waals surface area (Å²) in [5.74, 6) is -0.441. The van der Waals surface area contributed by atoms with Crippen molar-refractivity contribution >= 4 is 29.1 Å². The van der Waals surface area contributed by atoms with Gasteiger partial charge in [-0.2, -0.15) is 4.73 Å². The second-order valence-electron chi connectivity index (χ2n) is 3.97.